The normalized spacial score (nSPS) is 13.5. The molecule has 4 heteroatoms. The lowest BCUT2D eigenvalue weighted by Crippen LogP contribution is -1.76. The minimum Gasteiger partial charge on any atom is -0.138 e. The van der Waals surface area contributed by atoms with Crippen LogP contribution in [0, 0.1) is 0 Å². The first kappa shape index (κ1) is 5.39. The molecule has 0 bridgehead atoms. The van der Waals surface area contributed by atoms with Gasteiger partial charge in [-0.2, -0.15) is 0 Å². The summed E-state index contributed by atoms with van der Waals surface area (Å²) in [6, 6.07) is 0. The molecule has 0 radical (unpaired) electrons. The standard InChI is InChI=1S/Br2H4Si2/c1-3-4-2/h3-4H2. The van der Waals surface area contributed by atoms with E-state index in [1.54, 1.807) is 0 Å². The molecule has 0 rings (SSSR count). The van der Waals surface area contributed by atoms with Crippen molar-refractivity contribution in [1.29, 1.82) is 0 Å². The quantitative estimate of drug-likeness (QED) is 0.426. The first-order valence-corrected chi connectivity index (χ1v) is 12.8. The Morgan fingerprint density at radius 2 is 1.25 bits per heavy atom. The van der Waals surface area contributed by atoms with Crippen LogP contribution in [-0.2, 0) is 0 Å². The smallest absolute Gasteiger partial charge is 0.0975 e. The van der Waals surface area contributed by atoms with Crippen molar-refractivity contribution in [3.05, 3.63) is 0 Å². The molecule has 0 aromatic rings. The fourth-order valence-corrected chi connectivity index (χ4v) is 0. The summed E-state index contributed by atoms with van der Waals surface area (Å²) >= 11 is 6.80. The molecule has 4 heavy (non-hydrogen) atoms. The summed E-state index contributed by atoms with van der Waals surface area (Å²) in [5.41, 5.74) is 0. The lowest BCUT2D eigenvalue weighted by atomic mass is 27.1. The molecule has 0 nitrogen and oxygen atoms in total. The lowest BCUT2D eigenvalue weighted by Gasteiger charge is -1.59. The maximum atomic E-state index is 3.40. The highest BCUT2D eigenvalue weighted by Crippen LogP contribution is 1.74. The number of hydrogen-bond donors (Lipinski definition) is 0. The lowest BCUT2D eigenvalue weighted by molar-refractivity contribution is 4.53. The molecule has 0 unspecified atom stereocenters. The summed E-state index contributed by atoms with van der Waals surface area (Å²) in [5, 5.41) is 0. The van der Waals surface area contributed by atoms with Gasteiger partial charge in [0.15, 0.2) is 0 Å². The van der Waals surface area contributed by atoms with Crippen LogP contribution in [0.2, 0.25) is 0 Å². The van der Waals surface area contributed by atoms with Crippen molar-refractivity contribution in [1.82, 2.24) is 0 Å². The van der Waals surface area contributed by atoms with Gasteiger partial charge in [0.1, 0.15) is 0 Å². The van der Waals surface area contributed by atoms with E-state index in [-0.39, 0.29) is 0 Å². The zero-order valence-electron chi connectivity index (χ0n) is 2.17. The zero-order valence-corrected chi connectivity index (χ0v) is 8.17. The van der Waals surface area contributed by atoms with Crippen LogP contribution in [0.3, 0.4) is 0 Å². The van der Waals surface area contributed by atoms with E-state index in [4.69, 9.17) is 0 Å². The Hall–Kier alpha value is 1.39. The second-order valence-electron chi connectivity index (χ2n) is 0.378. The van der Waals surface area contributed by atoms with Crippen molar-refractivity contribution in [3.8, 4) is 0 Å². The highest BCUT2D eigenvalue weighted by atomic mass is 79.9. The van der Waals surface area contributed by atoms with Crippen molar-refractivity contribution in [2.75, 3.05) is 0 Å². The van der Waals surface area contributed by atoms with Crippen molar-refractivity contribution < 1.29 is 0 Å². The first-order valence-electron chi connectivity index (χ1n) is 1.03. The SMILES string of the molecule is Br[SiH2][SiH2]Br. The fraction of sp³-hybridized carbons (Fsp3) is 0. The number of hydrogen-bond acceptors (Lipinski definition) is 0. The van der Waals surface area contributed by atoms with Crippen LogP contribution in [-0.4, -0.2) is 15.3 Å². The van der Waals surface area contributed by atoms with E-state index in [0.717, 1.165) is 0 Å². The van der Waals surface area contributed by atoms with Crippen LogP contribution in [0.5, 0.6) is 0 Å². The second-order valence-corrected chi connectivity index (χ2v) is 17.7. The molecule has 0 aliphatic heterocycles. The number of halogens is 2. The van der Waals surface area contributed by atoms with Crippen molar-refractivity contribution in [3.63, 3.8) is 0 Å². The Labute approximate surface area is 45.9 Å². The molecule has 0 aromatic carbocycles. The Bertz CT molecular complexity index is 6.00. The maximum absolute atomic E-state index is 3.40. The Balaban J connectivity index is 1.97. The van der Waals surface area contributed by atoms with E-state index < -0.39 is 0 Å². The average molecular weight is 220 g/mol. The topological polar surface area (TPSA) is 0 Å². The molecule has 0 fully saturated rings. The molecule has 0 amide bonds. The molecule has 0 spiro atoms. The Morgan fingerprint density at radius 3 is 1.25 bits per heavy atom. The van der Waals surface area contributed by atoms with Gasteiger partial charge in [0.05, 0.1) is 15.3 Å². The molecule has 0 aromatic heterocycles. The maximum Gasteiger partial charge on any atom is 0.0975 e. The molecule has 0 heterocycles. The van der Waals surface area contributed by atoms with Crippen molar-refractivity contribution >= 4 is 45.9 Å². The minimum absolute atomic E-state index is 0.292. The predicted octanol–water partition coefficient (Wildman–Crippen LogP) is -0.141. The van der Waals surface area contributed by atoms with Crippen molar-refractivity contribution in [2.45, 2.75) is 0 Å². The molecule has 0 atom stereocenters. The van der Waals surface area contributed by atoms with Gasteiger partial charge in [-0.15, -0.1) is 30.6 Å². The molecular formula is H4Br2Si2. The van der Waals surface area contributed by atoms with Crippen LogP contribution < -0.4 is 0 Å². The van der Waals surface area contributed by atoms with Gasteiger partial charge in [0, 0.05) is 0 Å². The summed E-state index contributed by atoms with van der Waals surface area (Å²) in [5.74, 6) is 0. The zero-order chi connectivity index (χ0) is 3.41. The molecular weight excluding hydrogens is 216 g/mol. The number of rotatable bonds is 1. The van der Waals surface area contributed by atoms with E-state index in [1.807, 2.05) is 0 Å². The van der Waals surface area contributed by atoms with Gasteiger partial charge in [-0.1, -0.05) is 0 Å². The van der Waals surface area contributed by atoms with E-state index in [0.29, 0.717) is 15.3 Å². The monoisotopic (exact) mass is 218 g/mol. The van der Waals surface area contributed by atoms with Gasteiger partial charge < -0.3 is 0 Å². The molecule has 0 aliphatic rings. The van der Waals surface area contributed by atoms with Crippen LogP contribution >= 0.6 is 30.6 Å². The third kappa shape index (κ3) is 3.39. The summed E-state index contributed by atoms with van der Waals surface area (Å²) in [6.07, 6.45) is 0. The second kappa shape index (κ2) is 4.39. The van der Waals surface area contributed by atoms with Crippen molar-refractivity contribution in [2.24, 2.45) is 0 Å². The van der Waals surface area contributed by atoms with Crippen LogP contribution in [0.15, 0.2) is 0 Å². The van der Waals surface area contributed by atoms with E-state index >= 15 is 0 Å². The summed E-state index contributed by atoms with van der Waals surface area (Å²) in [7, 11) is 0.585. The van der Waals surface area contributed by atoms with Crippen LogP contribution in [0.1, 0.15) is 0 Å². The molecule has 0 saturated carbocycles. The van der Waals surface area contributed by atoms with Crippen LogP contribution in [0.25, 0.3) is 0 Å². The highest BCUT2D eigenvalue weighted by Gasteiger charge is 1.66. The largest absolute Gasteiger partial charge is 0.138 e. The average Bonchev–Trinajstić information content (AvgIpc) is 1.37. The van der Waals surface area contributed by atoms with Gasteiger partial charge in [-0.25, -0.2) is 0 Å². The highest BCUT2D eigenvalue weighted by molar-refractivity contribution is 9.32. The van der Waals surface area contributed by atoms with Gasteiger partial charge in [0.25, 0.3) is 0 Å². The summed E-state index contributed by atoms with van der Waals surface area (Å²) < 4.78 is 0. The Kier molecular flexibility index (Phi) is 5.92. The van der Waals surface area contributed by atoms with E-state index in [9.17, 15) is 0 Å². The van der Waals surface area contributed by atoms with Crippen LogP contribution in [0.4, 0.5) is 0 Å². The van der Waals surface area contributed by atoms with E-state index in [1.165, 1.54) is 0 Å². The molecule has 0 aliphatic carbocycles. The van der Waals surface area contributed by atoms with Gasteiger partial charge in [-0.3, -0.25) is 0 Å². The molecule has 0 N–H and O–H groups in total. The van der Waals surface area contributed by atoms with E-state index in [2.05, 4.69) is 30.6 Å². The van der Waals surface area contributed by atoms with Gasteiger partial charge in [0.2, 0.25) is 0 Å². The van der Waals surface area contributed by atoms with Gasteiger partial charge in [-0.05, 0) is 0 Å². The summed E-state index contributed by atoms with van der Waals surface area (Å²) in [4.78, 5) is 0. The fourth-order valence-electron chi connectivity index (χ4n) is 0. The molecule has 26 valence electrons. The summed E-state index contributed by atoms with van der Waals surface area (Å²) in [6.45, 7) is 0. The molecule has 0 saturated heterocycles. The third-order valence-electron chi connectivity index (χ3n) is 0.0714. The first-order chi connectivity index (χ1) is 1.91. The minimum atomic E-state index is 0.292. The Morgan fingerprint density at radius 1 is 1.00 bits per heavy atom. The third-order valence-corrected chi connectivity index (χ3v) is 17.4. The van der Waals surface area contributed by atoms with Gasteiger partial charge >= 0.3 is 0 Å². The predicted molar refractivity (Wildman–Crippen MR) is 34.9 cm³/mol.